The Labute approximate surface area is 116 Å². The summed E-state index contributed by atoms with van der Waals surface area (Å²) in [7, 11) is 0. The molecule has 0 radical (unpaired) electrons. The van der Waals surface area contributed by atoms with Gasteiger partial charge < -0.3 is 10.4 Å². The van der Waals surface area contributed by atoms with Gasteiger partial charge in [0.25, 0.3) is 0 Å². The van der Waals surface area contributed by atoms with Crippen LogP contribution >= 0.6 is 0 Å². The van der Waals surface area contributed by atoms with Crippen LogP contribution in [0.5, 0.6) is 0 Å². The SMILES string of the molecule is C/C=C(\NC(=O)CCCCCCCCCC)C(=O)O. The van der Waals surface area contributed by atoms with Crippen molar-refractivity contribution in [2.45, 2.75) is 71.6 Å². The van der Waals surface area contributed by atoms with Crippen LogP contribution in [0.1, 0.15) is 71.6 Å². The molecule has 19 heavy (non-hydrogen) atoms. The molecule has 110 valence electrons. The Morgan fingerprint density at radius 2 is 1.53 bits per heavy atom. The summed E-state index contributed by atoms with van der Waals surface area (Å²) < 4.78 is 0. The van der Waals surface area contributed by atoms with Gasteiger partial charge in [0.2, 0.25) is 5.91 Å². The van der Waals surface area contributed by atoms with Crippen molar-refractivity contribution in [2.75, 3.05) is 0 Å². The smallest absolute Gasteiger partial charge is 0.352 e. The van der Waals surface area contributed by atoms with E-state index in [1.807, 2.05) is 0 Å². The predicted molar refractivity (Wildman–Crippen MR) is 76.8 cm³/mol. The first-order chi connectivity index (χ1) is 9.11. The van der Waals surface area contributed by atoms with E-state index in [-0.39, 0.29) is 11.6 Å². The van der Waals surface area contributed by atoms with E-state index in [1.54, 1.807) is 6.92 Å². The molecule has 0 fully saturated rings. The van der Waals surface area contributed by atoms with Gasteiger partial charge in [-0.05, 0) is 13.3 Å². The standard InChI is InChI=1S/C15H27NO3/c1-3-5-6-7-8-9-10-11-12-14(17)16-13(4-2)15(18)19/h4H,3,5-12H2,1-2H3,(H,16,17)(H,18,19)/b13-4-. The van der Waals surface area contributed by atoms with Crippen LogP contribution < -0.4 is 5.32 Å². The number of allylic oxidation sites excluding steroid dienone is 1. The van der Waals surface area contributed by atoms with E-state index in [4.69, 9.17) is 5.11 Å². The minimum absolute atomic E-state index is 0.0374. The molecule has 0 rings (SSSR count). The van der Waals surface area contributed by atoms with Crippen molar-refractivity contribution in [3.05, 3.63) is 11.8 Å². The van der Waals surface area contributed by atoms with Gasteiger partial charge in [-0.1, -0.05) is 57.9 Å². The highest BCUT2D eigenvalue weighted by Gasteiger charge is 2.09. The number of carbonyl (C=O) groups is 2. The lowest BCUT2D eigenvalue weighted by atomic mass is 10.1. The number of nitrogens with one attached hydrogen (secondary N) is 1. The van der Waals surface area contributed by atoms with Gasteiger partial charge in [0.1, 0.15) is 5.70 Å². The normalized spacial score (nSPS) is 11.4. The van der Waals surface area contributed by atoms with E-state index in [0.717, 1.165) is 19.3 Å². The molecule has 0 bridgehead atoms. The molecule has 0 saturated heterocycles. The molecule has 2 N–H and O–H groups in total. The van der Waals surface area contributed by atoms with E-state index in [9.17, 15) is 9.59 Å². The summed E-state index contributed by atoms with van der Waals surface area (Å²) in [6.45, 7) is 3.80. The average molecular weight is 269 g/mol. The first-order valence-corrected chi connectivity index (χ1v) is 7.31. The van der Waals surface area contributed by atoms with Gasteiger partial charge in [-0.15, -0.1) is 0 Å². The van der Waals surface area contributed by atoms with Crippen molar-refractivity contribution in [3.8, 4) is 0 Å². The van der Waals surface area contributed by atoms with E-state index in [1.165, 1.54) is 38.2 Å². The van der Waals surface area contributed by atoms with Gasteiger partial charge in [0.15, 0.2) is 0 Å². The number of carboxylic acid groups (broad SMARTS) is 1. The number of hydrogen-bond acceptors (Lipinski definition) is 2. The lowest BCUT2D eigenvalue weighted by molar-refractivity contribution is -0.134. The largest absolute Gasteiger partial charge is 0.477 e. The van der Waals surface area contributed by atoms with Crippen LogP contribution in [0.25, 0.3) is 0 Å². The number of aliphatic carboxylic acids is 1. The fraction of sp³-hybridized carbons (Fsp3) is 0.733. The number of carboxylic acids is 1. The molecular weight excluding hydrogens is 242 g/mol. The molecular formula is C15H27NO3. The summed E-state index contributed by atoms with van der Waals surface area (Å²) in [4.78, 5) is 22.2. The first-order valence-electron chi connectivity index (χ1n) is 7.31. The molecule has 0 atom stereocenters. The van der Waals surface area contributed by atoms with Crippen molar-refractivity contribution in [3.63, 3.8) is 0 Å². The first kappa shape index (κ1) is 17.7. The summed E-state index contributed by atoms with van der Waals surface area (Å²) >= 11 is 0. The second-order valence-electron chi connectivity index (χ2n) is 4.78. The Morgan fingerprint density at radius 3 is 2.00 bits per heavy atom. The third kappa shape index (κ3) is 10.3. The highest BCUT2D eigenvalue weighted by Crippen LogP contribution is 2.09. The molecule has 0 spiro atoms. The van der Waals surface area contributed by atoms with E-state index < -0.39 is 5.97 Å². The zero-order valence-corrected chi connectivity index (χ0v) is 12.2. The maximum Gasteiger partial charge on any atom is 0.352 e. The zero-order chi connectivity index (χ0) is 14.5. The molecule has 0 aromatic rings. The quantitative estimate of drug-likeness (QED) is 0.444. The zero-order valence-electron chi connectivity index (χ0n) is 12.2. The summed E-state index contributed by atoms with van der Waals surface area (Å²) in [5, 5.41) is 11.2. The predicted octanol–water partition coefficient (Wildman–Crippen LogP) is 3.62. The van der Waals surface area contributed by atoms with Gasteiger partial charge >= 0.3 is 5.97 Å². The average Bonchev–Trinajstić information content (AvgIpc) is 2.38. The minimum Gasteiger partial charge on any atom is -0.477 e. The maximum atomic E-state index is 11.5. The number of amides is 1. The summed E-state index contributed by atoms with van der Waals surface area (Å²) in [5.74, 6) is -1.30. The third-order valence-corrected chi connectivity index (χ3v) is 3.05. The molecule has 1 amide bonds. The number of unbranched alkanes of at least 4 members (excludes halogenated alkanes) is 7. The topological polar surface area (TPSA) is 66.4 Å². The highest BCUT2D eigenvalue weighted by atomic mass is 16.4. The van der Waals surface area contributed by atoms with E-state index in [2.05, 4.69) is 12.2 Å². The maximum absolute atomic E-state index is 11.5. The van der Waals surface area contributed by atoms with Crippen molar-refractivity contribution in [2.24, 2.45) is 0 Å². The molecule has 0 aliphatic carbocycles. The molecule has 0 unspecified atom stereocenters. The van der Waals surface area contributed by atoms with E-state index in [0.29, 0.717) is 6.42 Å². The van der Waals surface area contributed by atoms with E-state index >= 15 is 0 Å². The van der Waals surface area contributed by atoms with Crippen molar-refractivity contribution >= 4 is 11.9 Å². The Balaban J connectivity index is 3.51. The highest BCUT2D eigenvalue weighted by molar-refractivity contribution is 5.92. The molecule has 0 aromatic carbocycles. The van der Waals surface area contributed by atoms with Crippen LogP contribution in [0, 0.1) is 0 Å². The third-order valence-electron chi connectivity index (χ3n) is 3.05. The van der Waals surface area contributed by atoms with Crippen LogP contribution in [-0.2, 0) is 9.59 Å². The fourth-order valence-electron chi connectivity index (χ4n) is 1.88. The molecule has 0 aliphatic heterocycles. The number of rotatable bonds is 11. The lowest BCUT2D eigenvalue weighted by Crippen LogP contribution is -2.26. The second kappa shape index (κ2) is 11.8. The van der Waals surface area contributed by atoms with Crippen LogP contribution in [0.3, 0.4) is 0 Å². The number of carbonyl (C=O) groups excluding carboxylic acids is 1. The van der Waals surface area contributed by atoms with Gasteiger partial charge in [0, 0.05) is 6.42 Å². The second-order valence-corrected chi connectivity index (χ2v) is 4.78. The van der Waals surface area contributed by atoms with Crippen molar-refractivity contribution < 1.29 is 14.7 Å². The Kier molecular flexibility index (Phi) is 10.9. The summed E-state index contributed by atoms with van der Waals surface area (Å²) in [6.07, 6.45) is 11.2. The summed E-state index contributed by atoms with van der Waals surface area (Å²) in [6, 6.07) is 0. The number of hydrogen-bond donors (Lipinski definition) is 2. The van der Waals surface area contributed by atoms with Crippen LogP contribution in [0.2, 0.25) is 0 Å². The molecule has 0 aromatic heterocycles. The molecule has 4 nitrogen and oxygen atoms in total. The Hall–Kier alpha value is -1.32. The molecule has 0 heterocycles. The molecule has 0 aliphatic rings. The minimum atomic E-state index is -1.09. The summed E-state index contributed by atoms with van der Waals surface area (Å²) in [5.41, 5.74) is -0.0374. The lowest BCUT2D eigenvalue weighted by Gasteiger charge is -2.05. The van der Waals surface area contributed by atoms with Crippen LogP contribution in [0.4, 0.5) is 0 Å². The monoisotopic (exact) mass is 269 g/mol. The Bertz CT molecular complexity index is 298. The van der Waals surface area contributed by atoms with Gasteiger partial charge in [-0.25, -0.2) is 4.79 Å². The molecule has 4 heteroatoms. The van der Waals surface area contributed by atoms with Crippen LogP contribution in [-0.4, -0.2) is 17.0 Å². The van der Waals surface area contributed by atoms with Crippen LogP contribution in [0.15, 0.2) is 11.8 Å². The van der Waals surface area contributed by atoms with Gasteiger partial charge in [-0.2, -0.15) is 0 Å². The Morgan fingerprint density at radius 1 is 1.00 bits per heavy atom. The van der Waals surface area contributed by atoms with Crippen molar-refractivity contribution in [1.82, 2.24) is 5.32 Å². The van der Waals surface area contributed by atoms with Gasteiger partial charge in [0.05, 0.1) is 0 Å². The fourth-order valence-corrected chi connectivity index (χ4v) is 1.88. The van der Waals surface area contributed by atoms with Crippen molar-refractivity contribution in [1.29, 1.82) is 0 Å². The van der Waals surface area contributed by atoms with Gasteiger partial charge in [-0.3, -0.25) is 4.79 Å². The molecule has 0 saturated carbocycles.